The van der Waals surface area contributed by atoms with Crippen LogP contribution in [0.2, 0.25) is 0 Å². The first-order chi connectivity index (χ1) is 21.1. The zero-order valence-corrected chi connectivity index (χ0v) is 23.7. The van der Waals surface area contributed by atoms with Gasteiger partial charge in [-0.1, -0.05) is 0 Å². The molecule has 0 aromatic rings. The van der Waals surface area contributed by atoms with Gasteiger partial charge >= 0.3 is 0 Å². The smallest absolute Gasteiger partial charge is 0.222 e. The molecule has 4 heterocycles. The number of hydrogen-bond acceptors (Lipinski definition) is 21. The summed E-state index contributed by atoms with van der Waals surface area (Å²) in [6.07, 6.45) is -21.5. The minimum atomic E-state index is -2.72. The molecule has 4 unspecified atom stereocenters. The van der Waals surface area contributed by atoms with Crippen molar-refractivity contribution in [2.45, 2.75) is 96.4 Å². The van der Waals surface area contributed by atoms with Crippen LogP contribution in [0.5, 0.6) is 0 Å². The van der Waals surface area contributed by atoms with E-state index in [1.807, 2.05) is 0 Å². The number of hydrogen-bond donors (Lipinski definition) is 14. The highest BCUT2D eigenvalue weighted by Crippen LogP contribution is 2.41. The highest BCUT2D eigenvalue weighted by molar-refractivity contribution is 5.03. The summed E-state index contributed by atoms with van der Waals surface area (Å²) in [5.41, 5.74) is 0. The molecule has 16 atom stereocenters. The van der Waals surface area contributed by atoms with E-state index >= 15 is 0 Å². The van der Waals surface area contributed by atoms with Crippen LogP contribution in [0.15, 0.2) is 0 Å². The van der Waals surface area contributed by atoms with Crippen LogP contribution in [0.4, 0.5) is 0 Å². The zero-order valence-electron chi connectivity index (χ0n) is 23.7. The summed E-state index contributed by atoms with van der Waals surface area (Å²) in [6.45, 7) is -7.85. The summed E-state index contributed by atoms with van der Waals surface area (Å²) in [5.74, 6) is -10.4. The standard InChI is InChI=1S/C24H42O21/c25-1-9-13(30)17(34)21(38,42-9)6-39-23(19(36)15(32)11(3-27)44-23)8-41-24(20(37)16(33)12(4-28)45-24)7-40-22(5-29)18(35)14(31)10(2-26)43-22/h9-20,25-38H,1-8H2/t9-,10-,11-,12-,13-,14-,15-,16-,17+,18+,19+,20+,21?,22?,23?,24?/m1/s1. The Morgan fingerprint density at radius 2 is 0.733 bits per heavy atom. The molecule has 4 saturated heterocycles. The van der Waals surface area contributed by atoms with E-state index in [4.69, 9.17) is 33.2 Å². The molecule has 4 aliphatic rings. The molecule has 0 saturated carbocycles. The Labute approximate surface area is 254 Å². The summed E-state index contributed by atoms with van der Waals surface area (Å²) in [7, 11) is 0. The number of aliphatic hydroxyl groups is 14. The minimum absolute atomic E-state index is 0.806. The van der Waals surface area contributed by atoms with Gasteiger partial charge in [0.15, 0.2) is 0 Å². The van der Waals surface area contributed by atoms with Crippen LogP contribution in [0.25, 0.3) is 0 Å². The fourth-order valence-electron chi connectivity index (χ4n) is 5.68. The molecule has 4 rings (SSSR count). The van der Waals surface area contributed by atoms with Gasteiger partial charge in [0.25, 0.3) is 0 Å². The van der Waals surface area contributed by atoms with Gasteiger partial charge in [-0.25, -0.2) is 0 Å². The quantitative estimate of drug-likeness (QED) is 0.0818. The van der Waals surface area contributed by atoms with Crippen molar-refractivity contribution in [3.05, 3.63) is 0 Å². The summed E-state index contributed by atoms with van der Waals surface area (Å²) < 4.78 is 38.3. The number of rotatable bonds is 14. The lowest BCUT2D eigenvalue weighted by Gasteiger charge is -2.40. The largest absolute Gasteiger partial charge is 0.394 e. The van der Waals surface area contributed by atoms with Crippen molar-refractivity contribution in [2.75, 3.05) is 52.9 Å². The minimum Gasteiger partial charge on any atom is -0.394 e. The Morgan fingerprint density at radius 3 is 1.09 bits per heavy atom. The van der Waals surface area contributed by atoms with Crippen molar-refractivity contribution in [1.29, 1.82) is 0 Å². The molecular weight excluding hydrogens is 624 g/mol. The van der Waals surface area contributed by atoms with Crippen LogP contribution < -0.4 is 0 Å². The van der Waals surface area contributed by atoms with Crippen molar-refractivity contribution in [1.82, 2.24) is 0 Å². The van der Waals surface area contributed by atoms with Gasteiger partial charge in [-0.3, -0.25) is 0 Å². The first-order valence-corrected chi connectivity index (χ1v) is 14.0. The van der Waals surface area contributed by atoms with E-state index in [2.05, 4.69) is 0 Å². The summed E-state index contributed by atoms with van der Waals surface area (Å²) in [4.78, 5) is 0. The zero-order chi connectivity index (χ0) is 33.5. The summed E-state index contributed by atoms with van der Waals surface area (Å²) in [5, 5.41) is 143. The first kappa shape index (κ1) is 37.0. The molecule has 0 aromatic carbocycles. The van der Waals surface area contributed by atoms with Gasteiger partial charge in [-0.2, -0.15) is 0 Å². The normalized spacial score (nSPS) is 51.9. The fourth-order valence-corrected chi connectivity index (χ4v) is 5.68. The molecule has 21 nitrogen and oxygen atoms in total. The maximum atomic E-state index is 11.0. The average Bonchev–Trinajstić information content (AvgIpc) is 3.63. The average molecular weight is 667 g/mol. The van der Waals surface area contributed by atoms with Gasteiger partial charge in [-0.05, 0) is 0 Å². The third-order valence-electron chi connectivity index (χ3n) is 8.54. The maximum Gasteiger partial charge on any atom is 0.222 e. The molecule has 0 radical (unpaired) electrons. The Bertz CT molecular complexity index is 979. The highest BCUT2D eigenvalue weighted by Gasteiger charge is 2.64. The SMILES string of the molecule is OC[C@H]1OC(O)(COC2(COC3(COC4(CO)O[C@H](CO)[C@@H](O)[C@@H]4O)O[C@H](CO)[C@@H](O)[C@@H]3O)O[C@H](CO)[C@@H](O)[C@@H]2O)[C@@H](O)[C@@H]1O. The van der Waals surface area contributed by atoms with Gasteiger partial charge in [0, 0.05) is 0 Å². The molecular formula is C24H42O21. The molecule has 264 valence electrons. The maximum absolute atomic E-state index is 11.0. The van der Waals surface area contributed by atoms with E-state index < -0.39 is 149 Å². The Kier molecular flexibility index (Phi) is 11.5. The second kappa shape index (κ2) is 13.9. The fraction of sp³-hybridized carbons (Fsp3) is 1.00. The van der Waals surface area contributed by atoms with Crippen LogP contribution in [0, 0.1) is 0 Å². The van der Waals surface area contributed by atoms with Crippen LogP contribution in [-0.4, -0.2) is 221 Å². The lowest BCUT2D eigenvalue weighted by Crippen LogP contribution is -2.59. The van der Waals surface area contributed by atoms with E-state index in [9.17, 15) is 71.5 Å². The van der Waals surface area contributed by atoms with Crippen molar-refractivity contribution in [3.63, 3.8) is 0 Å². The monoisotopic (exact) mass is 666 g/mol. The molecule has 4 fully saturated rings. The Hall–Kier alpha value is -0.840. The third-order valence-corrected chi connectivity index (χ3v) is 8.54. The van der Waals surface area contributed by atoms with Gasteiger partial charge in [-0.15, -0.1) is 0 Å². The predicted octanol–water partition coefficient (Wildman–Crippen LogP) is -9.74. The molecule has 0 amide bonds. The molecule has 0 aliphatic carbocycles. The summed E-state index contributed by atoms with van der Waals surface area (Å²) in [6, 6.07) is 0. The highest BCUT2D eigenvalue weighted by atomic mass is 16.8. The van der Waals surface area contributed by atoms with Crippen molar-refractivity contribution < 1.29 is 105 Å². The lowest BCUT2D eigenvalue weighted by atomic mass is 10.0. The van der Waals surface area contributed by atoms with Crippen LogP contribution in [-0.2, 0) is 33.2 Å². The van der Waals surface area contributed by atoms with Gasteiger partial charge < -0.3 is 105 Å². The van der Waals surface area contributed by atoms with E-state index in [1.54, 1.807) is 0 Å². The molecule has 4 aliphatic heterocycles. The number of aliphatic hydroxyl groups excluding tert-OH is 13. The molecule has 0 bridgehead atoms. The molecule has 0 aromatic heterocycles. The Balaban J connectivity index is 1.62. The van der Waals surface area contributed by atoms with E-state index in [-0.39, 0.29) is 0 Å². The lowest BCUT2D eigenvalue weighted by molar-refractivity contribution is -0.374. The van der Waals surface area contributed by atoms with E-state index in [0.29, 0.717) is 0 Å². The second-order valence-corrected chi connectivity index (χ2v) is 11.4. The van der Waals surface area contributed by atoms with Crippen molar-refractivity contribution in [3.8, 4) is 0 Å². The third kappa shape index (κ3) is 6.37. The van der Waals surface area contributed by atoms with Gasteiger partial charge in [0.2, 0.25) is 23.1 Å². The first-order valence-electron chi connectivity index (χ1n) is 14.0. The van der Waals surface area contributed by atoms with Crippen LogP contribution in [0.1, 0.15) is 0 Å². The van der Waals surface area contributed by atoms with Crippen molar-refractivity contribution >= 4 is 0 Å². The molecule has 45 heavy (non-hydrogen) atoms. The predicted molar refractivity (Wildman–Crippen MR) is 134 cm³/mol. The molecule has 21 heteroatoms. The second-order valence-electron chi connectivity index (χ2n) is 11.4. The topological polar surface area (TPSA) is 348 Å². The van der Waals surface area contributed by atoms with Crippen molar-refractivity contribution in [2.24, 2.45) is 0 Å². The van der Waals surface area contributed by atoms with E-state index in [1.165, 1.54) is 0 Å². The van der Waals surface area contributed by atoms with E-state index in [0.717, 1.165) is 0 Å². The number of ether oxygens (including phenoxy) is 7. The van der Waals surface area contributed by atoms with Crippen LogP contribution >= 0.6 is 0 Å². The molecule has 14 N–H and O–H groups in total. The van der Waals surface area contributed by atoms with Gasteiger partial charge in [0.1, 0.15) is 99.7 Å². The Morgan fingerprint density at radius 1 is 0.422 bits per heavy atom. The molecule has 0 spiro atoms. The summed E-state index contributed by atoms with van der Waals surface area (Å²) >= 11 is 0. The van der Waals surface area contributed by atoms with Gasteiger partial charge in [0.05, 0.1) is 26.4 Å². The van der Waals surface area contributed by atoms with Crippen LogP contribution in [0.3, 0.4) is 0 Å².